The fourth-order valence-electron chi connectivity index (χ4n) is 1.52. The summed E-state index contributed by atoms with van der Waals surface area (Å²) in [5.41, 5.74) is 4.38. The maximum Gasteiger partial charge on any atom is 0.419 e. The lowest BCUT2D eigenvalue weighted by molar-refractivity contribution is -0.140. The van der Waals surface area contributed by atoms with Crippen molar-refractivity contribution in [2.75, 3.05) is 5.73 Å². The molecule has 0 bridgehead atoms. The van der Waals surface area contributed by atoms with E-state index in [9.17, 15) is 17.6 Å². The summed E-state index contributed by atoms with van der Waals surface area (Å²) in [7, 11) is 0. The van der Waals surface area contributed by atoms with E-state index in [1.807, 2.05) is 0 Å². The van der Waals surface area contributed by atoms with E-state index in [-0.39, 0.29) is 17.2 Å². The molecule has 0 heterocycles. The number of benzene rings is 2. The molecule has 2 nitrogen and oxygen atoms in total. The van der Waals surface area contributed by atoms with E-state index in [1.54, 1.807) is 0 Å². The van der Waals surface area contributed by atoms with Crippen molar-refractivity contribution >= 4 is 17.3 Å². The predicted octanol–water partition coefficient (Wildman–Crippen LogP) is 4.87. The third-order valence-electron chi connectivity index (χ3n) is 2.44. The zero-order valence-electron chi connectivity index (χ0n) is 9.84. The molecule has 0 fully saturated rings. The minimum atomic E-state index is -4.80. The number of nitrogen functional groups attached to an aromatic ring is 1. The van der Waals surface area contributed by atoms with E-state index in [2.05, 4.69) is 0 Å². The Balaban J connectivity index is 2.35. The smallest absolute Gasteiger partial charge is 0.419 e. The Hall–Kier alpha value is -1.95. The highest BCUT2D eigenvalue weighted by atomic mass is 35.5. The van der Waals surface area contributed by atoms with Crippen molar-refractivity contribution in [1.82, 2.24) is 0 Å². The first-order valence-corrected chi connectivity index (χ1v) is 5.75. The Kier molecular flexibility index (Phi) is 3.76. The van der Waals surface area contributed by atoms with Crippen LogP contribution >= 0.6 is 11.6 Å². The van der Waals surface area contributed by atoms with E-state index >= 15 is 0 Å². The first-order chi connectivity index (χ1) is 9.27. The van der Waals surface area contributed by atoms with Crippen LogP contribution in [0.25, 0.3) is 0 Å². The molecule has 0 aliphatic heterocycles. The van der Waals surface area contributed by atoms with Crippen LogP contribution in [-0.2, 0) is 6.18 Å². The summed E-state index contributed by atoms with van der Waals surface area (Å²) < 4.78 is 56.0. The van der Waals surface area contributed by atoms with Crippen molar-refractivity contribution in [1.29, 1.82) is 0 Å². The number of hydrogen-bond acceptors (Lipinski definition) is 2. The first-order valence-electron chi connectivity index (χ1n) is 5.37. The molecule has 2 rings (SSSR count). The molecule has 2 N–H and O–H groups in total. The van der Waals surface area contributed by atoms with Crippen LogP contribution in [0.3, 0.4) is 0 Å². The van der Waals surface area contributed by atoms with Gasteiger partial charge in [-0.1, -0.05) is 11.6 Å². The van der Waals surface area contributed by atoms with Crippen molar-refractivity contribution < 1.29 is 22.3 Å². The van der Waals surface area contributed by atoms with Gasteiger partial charge in [-0.15, -0.1) is 0 Å². The number of anilines is 1. The van der Waals surface area contributed by atoms with Crippen LogP contribution in [-0.4, -0.2) is 0 Å². The van der Waals surface area contributed by atoms with Gasteiger partial charge in [0.2, 0.25) is 0 Å². The van der Waals surface area contributed by atoms with Gasteiger partial charge in [-0.3, -0.25) is 0 Å². The summed E-state index contributed by atoms with van der Waals surface area (Å²) in [5.74, 6) is -1.41. The molecular weight excluding hydrogens is 298 g/mol. The van der Waals surface area contributed by atoms with Crippen molar-refractivity contribution in [2.24, 2.45) is 0 Å². The fourth-order valence-corrected chi connectivity index (χ4v) is 1.70. The van der Waals surface area contributed by atoms with E-state index in [0.717, 1.165) is 6.07 Å². The Morgan fingerprint density at radius 1 is 1.05 bits per heavy atom. The molecule has 0 saturated heterocycles. The van der Waals surface area contributed by atoms with E-state index in [4.69, 9.17) is 22.1 Å². The normalized spacial score (nSPS) is 11.4. The number of halogens is 5. The molecule has 0 atom stereocenters. The quantitative estimate of drug-likeness (QED) is 0.634. The molecule has 0 unspecified atom stereocenters. The number of nitrogens with two attached hydrogens (primary N) is 1. The summed E-state index contributed by atoms with van der Waals surface area (Å²) in [6.07, 6.45) is -4.80. The molecule has 0 aliphatic carbocycles. The number of hydrogen-bond donors (Lipinski definition) is 1. The van der Waals surface area contributed by atoms with Crippen LogP contribution in [0.15, 0.2) is 36.4 Å². The molecule has 2 aromatic carbocycles. The highest BCUT2D eigenvalue weighted by Crippen LogP contribution is 2.36. The van der Waals surface area contributed by atoms with Crippen molar-refractivity contribution in [3.8, 4) is 11.5 Å². The minimum absolute atomic E-state index is 0.133. The van der Waals surface area contributed by atoms with Gasteiger partial charge in [0.1, 0.15) is 17.3 Å². The van der Waals surface area contributed by atoms with Gasteiger partial charge in [-0.25, -0.2) is 4.39 Å². The monoisotopic (exact) mass is 305 g/mol. The summed E-state index contributed by atoms with van der Waals surface area (Å²) in [5, 5.41) is 0.366. The van der Waals surface area contributed by atoms with Gasteiger partial charge in [0.05, 0.1) is 11.3 Å². The standard InChI is InChI=1S/C13H8ClF4NO/c14-7-1-4-12(11(19)5-7)20-8-2-3-10(15)9(6-8)13(16,17)18/h1-6H,19H2. The SMILES string of the molecule is Nc1cc(Cl)ccc1Oc1ccc(F)c(C(F)(F)F)c1. The van der Waals surface area contributed by atoms with Gasteiger partial charge < -0.3 is 10.5 Å². The summed E-state index contributed by atoms with van der Waals surface area (Å²) in [6, 6.07) is 6.62. The Labute approximate surface area is 116 Å². The fraction of sp³-hybridized carbons (Fsp3) is 0.0769. The Morgan fingerprint density at radius 3 is 2.35 bits per heavy atom. The van der Waals surface area contributed by atoms with Crippen LogP contribution in [0.5, 0.6) is 11.5 Å². The second-order valence-electron chi connectivity index (χ2n) is 3.92. The third-order valence-corrected chi connectivity index (χ3v) is 2.68. The summed E-state index contributed by atoms with van der Waals surface area (Å²) >= 11 is 5.69. The molecule has 0 saturated carbocycles. The van der Waals surface area contributed by atoms with Crippen LogP contribution < -0.4 is 10.5 Å². The molecular formula is C13H8ClF4NO. The van der Waals surface area contributed by atoms with Gasteiger partial charge in [-0.05, 0) is 36.4 Å². The van der Waals surface area contributed by atoms with Crippen LogP contribution in [0.2, 0.25) is 5.02 Å². The molecule has 0 spiro atoms. The summed E-state index contributed by atoms with van der Waals surface area (Å²) in [6.45, 7) is 0. The second kappa shape index (κ2) is 5.20. The Morgan fingerprint density at radius 2 is 1.75 bits per heavy atom. The highest BCUT2D eigenvalue weighted by Gasteiger charge is 2.34. The van der Waals surface area contributed by atoms with E-state index in [0.29, 0.717) is 17.2 Å². The minimum Gasteiger partial charge on any atom is -0.455 e. The molecule has 2 aromatic rings. The molecule has 0 aromatic heterocycles. The second-order valence-corrected chi connectivity index (χ2v) is 4.36. The summed E-state index contributed by atoms with van der Waals surface area (Å²) in [4.78, 5) is 0. The lowest BCUT2D eigenvalue weighted by Crippen LogP contribution is -2.08. The van der Waals surface area contributed by atoms with Crippen molar-refractivity contribution in [3.05, 3.63) is 52.8 Å². The maximum absolute atomic E-state index is 13.1. The highest BCUT2D eigenvalue weighted by molar-refractivity contribution is 6.30. The van der Waals surface area contributed by atoms with E-state index < -0.39 is 17.6 Å². The predicted molar refractivity (Wildman–Crippen MR) is 67.3 cm³/mol. The van der Waals surface area contributed by atoms with Gasteiger partial charge in [0, 0.05) is 5.02 Å². The van der Waals surface area contributed by atoms with Crippen LogP contribution in [0, 0.1) is 5.82 Å². The van der Waals surface area contributed by atoms with Crippen molar-refractivity contribution in [3.63, 3.8) is 0 Å². The molecule has 20 heavy (non-hydrogen) atoms. The lowest BCUT2D eigenvalue weighted by atomic mass is 10.2. The first kappa shape index (κ1) is 14.5. The molecule has 0 amide bonds. The van der Waals surface area contributed by atoms with Crippen LogP contribution in [0.4, 0.5) is 23.2 Å². The molecule has 7 heteroatoms. The average Bonchev–Trinajstić information content (AvgIpc) is 2.33. The third kappa shape index (κ3) is 3.14. The van der Waals surface area contributed by atoms with Crippen molar-refractivity contribution in [2.45, 2.75) is 6.18 Å². The molecule has 106 valence electrons. The zero-order chi connectivity index (χ0) is 14.9. The topological polar surface area (TPSA) is 35.2 Å². The number of ether oxygens (including phenoxy) is 1. The Bertz CT molecular complexity index is 643. The zero-order valence-corrected chi connectivity index (χ0v) is 10.6. The number of rotatable bonds is 2. The van der Waals surface area contributed by atoms with Gasteiger partial charge in [-0.2, -0.15) is 13.2 Å². The lowest BCUT2D eigenvalue weighted by Gasteiger charge is -2.12. The molecule has 0 aliphatic rings. The average molecular weight is 306 g/mol. The van der Waals surface area contributed by atoms with E-state index in [1.165, 1.54) is 18.2 Å². The largest absolute Gasteiger partial charge is 0.455 e. The van der Waals surface area contributed by atoms with Gasteiger partial charge in [0.15, 0.2) is 0 Å². The van der Waals surface area contributed by atoms with Crippen LogP contribution in [0.1, 0.15) is 5.56 Å². The van der Waals surface area contributed by atoms with Gasteiger partial charge >= 0.3 is 6.18 Å². The maximum atomic E-state index is 13.1. The van der Waals surface area contributed by atoms with Gasteiger partial charge in [0.25, 0.3) is 0 Å². The number of alkyl halides is 3. The molecule has 0 radical (unpaired) electrons.